The van der Waals surface area contributed by atoms with E-state index in [9.17, 15) is 9.59 Å². The van der Waals surface area contributed by atoms with Crippen LogP contribution in [0.4, 0.5) is 5.69 Å². The molecule has 0 bridgehead atoms. The minimum atomic E-state index is -1.05. The number of para-hydroxylation sites is 1. The van der Waals surface area contributed by atoms with Crippen LogP contribution < -0.4 is 4.90 Å². The van der Waals surface area contributed by atoms with Gasteiger partial charge in [0.15, 0.2) is 0 Å². The van der Waals surface area contributed by atoms with Crippen molar-refractivity contribution >= 4 is 28.9 Å². The van der Waals surface area contributed by atoms with E-state index in [1.165, 1.54) is 22.3 Å². The Labute approximate surface area is 120 Å². The lowest BCUT2D eigenvalue weighted by Crippen LogP contribution is -2.29. The number of likely N-dealkylation sites (N-methyl/N-ethyl adjacent to an activating group) is 1. The fourth-order valence-electron chi connectivity index (χ4n) is 1.84. The highest BCUT2D eigenvalue weighted by Gasteiger charge is 2.18. The van der Waals surface area contributed by atoms with Crippen LogP contribution in [0.25, 0.3) is 0 Å². The number of carbonyl (C=O) groups excluding carboxylic acids is 1. The molecule has 0 unspecified atom stereocenters. The molecule has 0 aliphatic rings. The van der Waals surface area contributed by atoms with Gasteiger partial charge in [0, 0.05) is 12.4 Å². The van der Waals surface area contributed by atoms with E-state index < -0.39 is 5.97 Å². The maximum absolute atomic E-state index is 12.2. The number of aryl methyl sites for hydroxylation is 1. The van der Waals surface area contributed by atoms with E-state index in [0.29, 0.717) is 11.4 Å². The molecule has 1 aromatic carbocycles. The zero-order valence-corrected chi connectivity index (χ0v) is 12.0. The Morgan fingerprint density at radius 3 is 2.65 bits per heavy atom. The molecule has 0 saturated carbocycles. The molecule has 104 valence electrons. The average Bonchev–Trinajstić information content (AvgIpc) is 2.83. The van der Waals surface area contributed by atoms with E-state index in [1.54, 1.807) is 25.2 Å². The lowest BCUT2D eigenvalue weighted by Gasteiger charge is -2.18. The first-order valence-electron chi connectivity index (χ1n) is 5.99. The third-order valence-electron chi connectivity index (χ3n) is 2.87. The van der Waals surface area contributed by atoms with E-state index in [1.807, 2.05) is 12.3 Å². The van der Waals surface area contributed by atoms with Gasteiger partial charge in [-0.15, -0.1) is 11.3 Å². The molecule has 5 nitrogen and oxygen atoms in total. The number of carboxylic acids is 1. The number of carboxylic acid groups (broad SMARTS) is 1. The van der Waals surface area contributed by atoms with Crippen molar-refractivity contribution in [3.8, 4) is 0 Å². The largest absolute Gasteiger partial charge is 0.478 e. The summed E-state index contributed by atoms with van der Waals surface area (Å²) in [5, 5.41) is 11.9. The summed E-state index contributed by atoms with van der Waals surface area (Å²) < 4.78 is 0. The molecule has 2 rings (SSSR count). The van der Waals surface area contributed by atoms with Crippen molar-refractivity contribution < 1.29 is 14.7 Å². The highest BCUT2D eigenvalue weighted by molar-refractivity contribution is 7.09. The van der Waals surface area contributed by atoms with E-state index >= 15 is 0 Å². The summed E-state index contributed by atoms with van der Waals surface area (Å²) in [6.07, 6.45) is 0.162. The van der Waals surface area contributed by atoms with Gasteiger partial charge < -0.3 is 10.0 Å². The van der Waals surface area contributed by atoms with Gasteiger partial charge >= 0.3 is 5.97 Å². The summed E-state index contributed by atoms with van der Waals surface area (Å²) in [5.74, 6) is -1.24. The van der Waals surface area contributed by atoms with Gasteiger partial charge in [-0.1, -0.05) is 12.1 Å². The molecule has 0 spiro atoms. The van der Waals surface area contributed by atoms with Crippen molar-refractivity contribution in [1.29, 1.82) is 0 Å². The molecule has 0 aliphatic carbocycles. The number of thiazole rings is 1. The molecule has 1 amide bonds. The average molecular weight is 290 g/mol. The quantitative estimate of drug-likeness (QED) is 0.938. The lowest BCUT2D eigenvalue weighted by molar-refractivity contribution is -0.117. The molecule has 1 aromatic heterocycles. The Hall–Kier alpha value is -2.21. The van der Waals surface area contributed by atoms with Crippen LogP contribution in [0.15, 0.2) is 29.6 Å². The minimum Gasteiger partial charge on any atom is -0.478 e. The molecule has 1 N–H and O–H groups in total. The molecule has 0 radical (unpaired) electrons. The first-order valence-corrected chi connectivity index (χ1v) is 6.87. The Morgan fingerprint density at radius 1 is 1.35 bits per heavy atom. The minimum absolute atomic E-state index is 0.109. The molecular formula is C14H14N2O3S. The van der Waals surface area contributed by atoms with Crippen LogP contribution in [0.2, 0.25) is 0 Å². The molecule has 0 aliphatic heterocycles. The molecule has 2 aromatic rings. The van der Waals surface area contributed by atoms with Crippen LogP contribution >= 0.6 is 11.3 Å². The second-order valence-electron chi connectivity index (χ2n) is 4.31. The first kappa shape index (κ1) is 14.2. The molecular weight excluding hydrogens is 276 g/mol. The topological polar surface area (TPSA) is 70.5 Å². The maximum Gasteiger partial charge on any atom is 0.337 e. The third kappa shape index (κ3) is 3.03. The van der Waals surface area contributed by atoms with Gasteiger partial charge in [0.25, 0.3) is 0 Å². The van der Waals surface area contributed by atoms with Crippen molar-refractivity contribution in [3.63, 3.8) is 0 Å². The number of benzene rings is 1. The number of anilines is 1. The van der Waals surface area contributed by atoms with Gasteiger partial charge in [-0.3, -0.25) is 4.79 Å². The Morgan fingerprint density at radius 2 is 2.05 bits per heavy atom. The van der Waals surface area contributed by atoms with Gasteiger partial charge in [-0.05, 0) is 19.1 Å². The van der Waals surface area contributed by atoms with Crippen LogP contribution in [-0.2, 0) is 11.2 Å². The van der Waals surface area contributed by atoms with Gasteiger partial charge in [-0.2, -0.15) is 0 Å². The number of amides is 1. The number of rotatable bonds is 4. The van der Waals surface area contributed by atoms with E-state index in [0.717, 1.165) is 5.01 Å². The van der Waals surface area contributed by atoms with Crippen LogP contribution in [0.1, 0.15) is 21.1 Å². The third-order valence-corrected chi connectivity index (χ3v) is 3.69. The van der Waals surface area contributed by atoms with Gasteiger partial charge in [-0.25, -0.2) is 9.78 Å². The predicted octanol–water partition coefficient (Wildman–Crippen LogP) is 2.36. The molecule has 1 heterocycles. The standard InChI is InChI=1S/C14H14N2O3S/c1-9-15-10(8-20-9)7-13(17)16(2)12-6-4-3-5-11(12)14(18)19/h3-6,8H,7H2,1-2H3,(H,18,19). The van der Waals surface area contributed by atoms with Crippen LogP contribution in [0, 0.1) is 6.92 Å². The number of hydrogen-bond donors (Lipinski definition) is 1. The number of hydrogen-bond acceptors (Lipinski definition) is 4. The van der Waals surface area contributed by atoms with Crippen molar-refractivity contribution in [1.82, 2.24) is 4.98 Å². The van der Waals surface area contributed by atoms with Crippen molar-refractivity contribution in [2.24, 2.45) is 0 Å². The summed E-state index contributed by atoms with van der Waals surface area (Å²) in [6, 6.07) is 6.44. The normalized spacial score (nSPS) is 10.3. The molecule has 0 saturated heterocycles. The number of carbonyl (C=O) groups is 2. The smallest absolute Gasteiger partial charge is 0.337 e. The van der Waals surface area contributed by atoms with Gasteiger partial charge in [0.2, 0.25) is 5.91 Å². The van der Waals surface area contributed by atoms with Crippen molar-refractivity contribution in [2.75, 3.05) is 11.9 Å². The first-order chi connectivity index (χ1) is 9.49. The molecule has 0 atom stereocenters. The summed E-state index contributed by atoms with van der Waals surface area (Å²) in [6.45, 7) is 1.88. The van der Waals surface area contributed by atoms with Gasteiger partial charge in [0.1, 0.15) is 0 Å². The highest BCUT2D eigenvalue weighted by atomic mass is 32.1. The zero-order chi connectivity index (χ0) is 14.7. The lowest BCUT2D eigenvalue weighted by atomic mass is 10.1. The second kappa shape index (κ2) is 5.83. The molecule has 6 heteroatoms. The summed E-state index contributed by atoms with van der Waals surface area (Å²) in [7, 11) is 1.57. The predicted molar refractivity (Wildman–Crippen MR) is 77.4 cm³/mol. The van der Waals surface area contributed by atoms with Gasteiger partial charge in [0.05, 0.1) is 28.4 Å². The summed E-state index contributed by atoms with van der Waals surface area (Å²) in [5.41, 5.74) is 1.20. The maximum atomic E-state index is 12.2. The number of nitrogens with zero attached hydrogens (tertiary/aromatic N) is 2. The van der Waals surface area contributed by atoms with Crippen LogP contribution in [0.5, 0.6) is 0 Å². The number of aromatic nitrogens is 1. The van der Waals surface area contributed by atoms with Crippen molar-refractivity contribution in [2.45, 2.75) is 13.3 Å². The van der Waals surface area contributed by atoms with E-state index in [4.69, 9.17) is 5.11 Å². The monoisotopic (exact) mass is 290 g/mol. The fraction of sp³-hybridized carbons (Fsp3) is 0.214. The SMILES string of the molecule is Cc1nc(CC(=O)N(C)c2ccccc2C(=O)O)cs1. The number of aromatic carboxylic acids is 1. The fourth-order valence-corrected chi connectivity index (χ4v) is 2.46. The Bertz CT molecular complexity index is 651. The van der Waals surface area contributed by atoms with Crippen LogP contribution in [-0.4, -0.2) is 29.0 Å². The van der Waals surface area contributed by atoms with Crippen molar-refractivity contribution in [3.05, 3.63) is 45.9 Å². The Balaban J connectivity index is 2.20. The van der Waals surface area contributed by atoms with E-state index in [2.05, 4.69) is 4.98 Å². The Kier molecular flexibility index (Phi) is 4.14. The highest BCUT2D eigenvalue weighted by Crippen LogP contribution is 2.20. The molecule has 0 fully saturated rings. The van der Waals surface area contributed by atoms with Crippen LogP contribution in [0.3, 0.4) is 0 Å². The second-order valence-corrected chi connectivity index (χ2v) is 5.37. The van der Waals surface area contributed by atoms with E-state index in [-0.39, 0.29) is 17.9 Å². The zero-order valence-electron chi connectivity index (χ0n) is 11.2. The summed E-state index contributed by atoms with van der Waals surface area (Å²) in [4.78, 5) is 29.0. The molecule has 20 heavy (non-hydrogen) atoms. The summed E-state index contributed by atoms with van der Waals surface area (Å²) >= 11 is 1.49.